The maximum atomic E-state index is 12.5. The van der Waals surface area contributed by atoms with Crippen LogP contribution in [0, 0.1) is 11.3 Å². The first-order valence-electron chi connectivity index (χ1n) is 7.83. The third kappa shape index (κ3) is 3.14. The first-order valence-corrected chi connectivity index (χ1v) is 7.83. The largest absolute Gasteiger partial charge is 0.480 e. The molecule has 2 rings (SSSR count). The summed E-state index contributed by atoms with van der Waals surface area (Å²) in [5.41, 5.74) is 5.27. The zero-order valence-electron chi connectivity index (χ0n) is 12.1. The highest BCUT2D eigenvalue weighted by molar-refractivity contribution is 5.88. The highest BCUT2D eigenvalue weighted by Crippen LogP contribution is 2.38. The summed E-state index contributed by atoms with van der Waals surface area (Å²) in [6.45, 7) is 0.315. The summed E-state index contributed by atoms with van der Waals surface area (Å²) in [6.07, 6.45) is 8.66. The topological polar surface area (TPSA) is 92.4 Å². The molecule has 1 amide bonds. The summed E-state index contributed by atoms with van der Waals surface area (Å²) >= 11 is 0. The van der Waals surface area contributed by atoms with E-state index in [-0.39, 0.29) is 11.8 Å². The molecular weight excluding hydrogens is 256 g/mol. The van der Waals surface area contributed by atoms with Gasteiger partial charge in [0.2, 0.25) is 5.91 Å². The van der Waals surface area contributed by atoms with Crippen molar-refractivity contribution in [3.05, 3.63) is 0 Å². The maximum absolute atomic E-state index is 12.5. The van der Waals surface area contributed by atoms with E-state index in [0.717, 1.165) is 51.4 Å². The molecule has 4 N–H and O–H groups in total. The number of carboxylic acid groups (broad SMARTS) is 1. The first kappa shape index (κ1) is 15.3. The molecule has 20 heavy (non-hydrogen) atoms. The highest BCUT2D eigenvalue weighted by atomic mass is 16.4. The van der Waals surface area contributed by atoms with E-state index in [2.05, 4.69) is 5.32 Å². The number of carbonyl (C=O) groups is 2. The van der Waals surface area contributed by atoms with E-state index in [1.165, 1.54) is 6.42 Å². The summed E-state index contributed by atoms with van der Waals surface area (Å²) in [6, 6.07) is -0.744. The lowest BCUT2D eigenvalue weighted by atomic mass is 9.81. The van der Waals surface area contributed by atoms with Crippen LogP contribution in [-0.2, 0) is 9.59 Å². The van der Waals surface area contributed by atoms with Gasteiger partial charge in [-0.15, -0.1) is 0 Å². The van der Waals surface area contributed by atoms with Crippen LogP contribution in [0.2, 0.25) is 0 Å². The van der Waals surface area contributed by atoms with Gasteiger partial charge in [-0.2, -0.15) is 0 Å². The van der Waals surface area contributed by atoms with E-state index in [1.807, 2.05) is 0 Å². The zero-order valence-corrected chi connectivity index (χ0v) is 12.1. The molecule has 0 heterocycles. The second-order valence-electron chi connectivity index (χ2n) is 6.38. The first-order chi connectivity index (χ1) is 9.59. The monoisotopic (exact) mass is 282 g/mol. The minimum absolute atomic E-state index is 0.0708. The van der Waals surface area contributed by atoms with E-state index in [4.69, 9.17) is 5.73 Å². The Morgan fingerprint density at radius 3 is 2.25 bits per heavy atom. The Morgan fingerprint density at radius 2 is 1.75 bits per heavy atom. The molecule has 2 aliphatic carbocycles. The molecule has 0 bridgehead atoms. The van der Waals surface area contributed by atoms with E-state index in [0.29, 0.717) is 6.54 Å². The smallest absolute Gasteiger partial charge is 0.326 e. The van der Waals surface area contributed by atoms with E-state index < -0.39 is 17.4 Å². The molecule has 114 valence electrons. The molecule has 0 aliphatic heterocycles. The molecule has 0 radical (unpaired) electrons. The maximum Gasteiger partial charge on any atom is 0.326 e. The number of rotatable bonds is 5. The summed E-state index contributed by atoms with van der Waals surface area (Å²) in [4.78, 5) is 24.0. The van der Waals surface area contributed by atoms with Crippen LogP contribution in [0.5, 0.6) is 0 Å². The molecule has 0 saturated heterocycles. The van der Waals surface area contributed by atoms with Gasteiger partial charge < -0.3 is 16.2 Å². The minimum Gasteiger partial charge on any atom is -0.480 e. The fraction of sp³-hybridized carbons (Fsp3) is 0.867. The van der Waals surface area contributed by atoms with Crippen molar-refractivity contribution in [3.8, 4) is 0 Å². The third-order valence-electron chi connectivity index (χ3n) is 5.11. The lowest BCUT2D eigenvalue weighted by Gasteiger charge is -2.32. The van der Waals surface area contributed by atoms with Crippen molar-refractivity contribution in [2.24, 2.45) is 17.1 Å². The summed E-state index contributed by atoms with van der Waals surface area (Å²) < 4.78 is 0. The molecule has 2 fully saturated rings. The van der Waals surface area contributed by atoms with Crippen LogP contribution in [-0.4, -0.2) is 29.6 Å². The Kier molecular flexibility index (Phi) is 5.02. The Bertz CT molecular complexity index is 358. The van der Waals surface area contributed by atoms with Crippen LogP contribution in [0.1, 0.15) is 57.8 Å². The van der Waals surface area contributed by atoms with Crippen LogP contribution in [0.4, 0.5) is 0 Å². The highest BCUT2D eigenvalue weighted by Gasteiger charge is 2.42. The van der Waals surface area contributed by atoms with Crippen molar-refractivity contribution in [1.29, 1.82) is 0 Å². The van der Waals surface area contributed by atoms with Crippen LogP contribution in [0.15, 0.2) is 0 Å². The number of aliphatic carboxylic acids is 1. The van der Waals surface area contributed by atoms with Crippen molar-refractivity contribution in [3.63, 3.8) is 0 Å². The van der Waals surface area contributed by atoms with Gasteiger partial charge in [-0.1, -0.05) is 32.1 Å². The van der Waals surface area contributed by atoms with E-state index in [9.17, 15) is 14.7 Å². The Labute approximate surface area is 120 Å². The van der Waals surface area contributed by atoms with Gasteiger partial charge in [0.25, 0.3) is 0 Å². The van der Waals surface area contributed by atoms with Gasteiger partial charge in [0.05, 0.1) is 5.41 Å². The number of nitrogens with two attached hydrogens (primary N) is 1. The van der Waals surface area contributed by atoms with Crippen molar-refractivity contribution in [2.45, 2.75) is 63.8 Å². The molecule has 5 heteroatoms. The van der Waals surface area contributed by atoms with Crippen molar-refractivity contribution in [1.82, 2.24) is 5.32 Å². The predicted octanol–water partition coefficient (Wildman–Crippen LogP) is 1.66. The van der Waals surface area contributed by atoms with Gasteiger partial charge >= 0.3 is 5.97 Å². The standard InChI is InChI=1S/C15H26N2O3/c16-10-15(8-4-5-9-15)14(20)17-12(13(18)19)11-6-2-1-3-7-11/h11-12H,1-10,16H2,(H,17,20)(H,18,19). The van der Waals surface area contributed by atoms with Crippen molar-refractivity contribution < 1.29 is 14.7 Å². The molecule has 0 aromatic carbocycles. The quantitative estimate of drug-likeness (QED) is 0.715. The molecule has 0 aromatic rings. The SMILES string of the molecule is NCC1(C(=O)NC(C(=O)O)C2CCCCC2)CCCC1. The summed E-state index contributed by atoms with van der Waals surface area (Å²) in [7, 11) is 0. The predicted molar refractivity (Wildman–Crippen MR) is 76.1 cm³/mol. The Balaban J connectivity index is 2.03. The van der Waals surface area contributed by atoms with Crippen molar-refractivity contribution >= 4 is 11.9 Å². The average Bonchev–Trinajstić information content (AvgIpc) is 2.95. The number of nitrogens with one attached hydrogen (secondary N) is 1. The number of hydrogen-bond acceptors (Lipinski definition) is 3. The number of carboxylic acids is 1. The van der Waals surface area contributed by atoms with Gasteiger partial charge in [-0.25, -0.2) is 4.79 Å². The van der Waals surface area contributed by atoms with Gasteiger partial charge in [0.15, 0.2) is 0 Å². The lowest BCUT2D eigenvalue weighted by molar-refractivity contribution is -0.145. The average molecular weight is 282 g/mol. The third-order valence-corrected chi connectivity index (χ3v) is 5.11. The summed E-state index contributed by atoms with van der Waals surface area (Å²) in [5, 5.41) is 12.2. The molecule has 5 nitrogen and oxygen atoms in total. The van der Waals surface area contributed by atoms with Gasteiger partial charge in [-0.05, 0) is 31.6 Å². The van der Waals surface area contributed by atoms with Crippen LogP contribution < -0.4 is 11.1 Å². The van der Waals surface area contributed by atoms with Crippen molar-refractivity contribution in [2.75, 3.05) is 6.54 Å². The number of amides is 1. The van der Waals surface area contributed by atoms with Gasteiger partial charge in [0.1, 0.15) is 6.04 Å². The second kappa shape index (κ2) is 6.57. The fourth-order valence-corrected chi connectivity index (χ4v) is 3.72. The van der Waals surface area contributed by atoms with Crippen LogP contribution >= 0.6 is 0 Å². The van der Waals surface area contributed by atoms with Crippen LogP contribution in [0.25, 0.3) is 0 Å². The molecule has 1 atom stereocenters. The molecular formula is C15H26N2O3. The lowest BCUT2D eigenvalue weighted by Crippen LogP contribution is -2.53. The Hall–Kier alpha value is -1.10. The van der Waals surface area contributed by atoms with Gasteiger partial charge in [0, 0.05) is 6.54 Å². The molecule has 2 saturated carbocycles. The number of hydrogen-bond donors (Lipinski definition) is 3. The zero-order chi connectivity index (χ0) is 14.6. The molecule has 2 aliphatic rings. The second-order valence-corrected chi connectivity index (χ2v) is 6.38. The normalized spacial score (nSPS) is 24.2. The van der Waals surface area contributed by atoms with E-state index >= 15 is 0 Å². The fourth-order valence-electron chi connectivity index (χ4n) is 3.72. The summed E-state index contributed by atoms with van der Waals surface area (Å²) in [5.74, 6) is -0.979. The number of carbonyl (C=O) groups excluding carboxylic acids is 1. The minimum atomic E-state index is -0.907. The molecule has 0 spiro atoms. The Morgan fingerprint density at radius 1 is 1.15 bits per heavy atom. The van der Waals surface area contributed by atoms with Gasteiger partial charge in [-0.3, -0.25) is 4.79 Å². The van der Waals surface area contributed by atoms with E-state index in [1.54, 1.807) is 0 Å². The van der Waals surface area contributed by atoms with Crippen LogP contribution in [0.3, 0.4) is 0 Å². The molecule has 0 aromatic heterocycles. The molecule has 1 unspecified atom stereocenters.